The lowest BCUT2D eigenvalue weighted by Gasteiger charge is -2.17. The lowest BCUT2D eigenvalue weighted by atomic mass is 9.91. The maximum Gasteiger partial charge on any atom is 0.310 e. The maximum atomic E-state index is 11.7. The summed E-state index contributed by atoms with van der Waals surface area (Å²) in [5, 5.41) is 10.6. The van der Waals surface area contributed by atoms with Crippen molar-refractivity contribution in [2.75, 3.05) is 0 Å². The number of rotatable bonds is 17. The minimum atomic E-state index is -0.252. The van der Waals surface area contributed by atoms with Gasteiger partial charge < -0.3 is 9.84 Å². The zero-order valence-corrected chi connectivity index (χ0v) is 23.3. The monoisotopic (exact) mass is 472 g/mol. The van der Waals surface area contributed by atoms with E-state index in [1.165, 1.54) is 56.9 Å². The van der Waals surface area contributed by atoms with Crippen molar-refractivity contribution in [2.24, 2.45) is 17.8 Å². The van der Waals surface area contributed by atoms with E-state index in [1.807, 2.05) is 13.8 Å². The molecule has 34 heavy (non-hydrogen) atoms. The van der Waals surface area contributed by atoms with E-state index in [0.717, 1.165) is 53.7 Å². The standard InChI is InChI=1S/C31H52O3/c1-9-30(32)34-29-21-26(7)31(33)28(27(29)8)20-19-25(6)18-12-17-24(5)16-11-15-23(4)14-10-13-22(2)3/h21-24,33H,6,9-20H2,1-5,7-8H3. The van der Waals surface area contributed by atoms with E-state index in [0.29, 0.717) is 17.9 Å². The molecule has 0 aliphatic rings. The minimum Gasteiger partial charge on any atom is -0.507 e. The molecule has 0 spiro atoms. The van der Waals surface area contributed by atoms with Gasteiger partial charge in [0.15, 0.2) is 0 Å². The zero-order valence-electron chi connectivity index (χ0n) is 23.3. The van der Waals surface area contributed by atoms with Crippen molar-refractivity contribution in [2.45, 2.75) is 126 Å². The normalized spacial score (nSPS) is 13.2. The quantitative estimate of drug-likeness (QED) is 0.140. The molecule has 0 amide bonds. The van der Waals surface area contributed by atoms with Gasteiger partial charge in [0, 0.05) is 12.0 Å². The van der Waals surface area contributed by atoms with Crippen LogP contribution in [0.25, 0.3) is 0 Å². The molecule has 2 unspecified atom stereocenters. The number of aryl methyl sites for hydroxylation is 1. The van der Waals surface area contributed by atoms with Crippen LogP contribution in [0.15, 0.2) is 18.2 Å². The Morgan fingerprint density at radius 3 is 2.06 bits per heavy atom. The number of ether oxygens (including phenoxy) is 1. The van der Waals surface area contributed by atoms with Crippen LogP contribution in [0.4, 0.5) is 0 Å². The third-order valence-corrected chi connectivity index (χ3v) is 7.17. The molecule has 0 saturated carbocycles. The number of phenolic OH excluding ortho intramolecular Hbond substituents is 1. The summed E-state index contributed by atoms with van der Waals surface area (Å²) in [5.41, 5.74) is 3.70. The van der Waals surface area contributed by atoms with Gasteiger partial charge in [-0.25, -0.2) is 0 Å². The van der Waals surface area contributed by atoms with Crippen molar-refractivity contribution in [3.63, 3.8) is 0 Å². The predicted molar refractivity (Wildman–Crippen MR) is 146 cm³/mol. The molecule has 0 bridgehead atoms. The molecule has 0 aliphatic heterocycles. The molecule has 194 valence electrons. The molecule has 0 saturated heterocycles. The van der Waals surface area contributed by atoms with Crippen LogP contribution in [0, 0.1) is 31.6 Å². The number of carbonyl (C=O) groups is 1. The van der Waals surface area contributed by atoms with Gasteiger partial charge in [-0.05, 0) is 74.5 Å². The third kappa shape index (κ3) is 11.6. The summed E-state index contributed by atoms with van der Waals surface area (Å²) >= 11 is 0. The molecule has 0 radical (unpaired) electrons. The number of phenols is 1. The first-order chi connectivity index (χ1) is 16.0. The van der Waals surface area contributed by atoms with Crippen LogP contribution in [0.5, 0.6) is 11.5 Å². The fourth-order valence-electron chi connectivity index (χ4n) is 4.65. The van der Waals surface area contributed by atoms with Crippen LogP contribution in [0.1, 0.15) is 122 Å². The number of benzene rings is 1. The van der Waals surface area contributed by atoms with Crippen LogP contribution in [-0.4, -0.2) is 11.1 Å². The number of carbonyl (C=O) groups excluding carboxylic acids is 1. The van der Waals surface area contributed by atoms with Gasteiger partial charge in [-0.2, -0.15) is 0 Å². The highest BCUT2D eigenvalue weighted by atomic mass is 16.5. The lowest BCUT2D eigenvalue weighted by molar-refractivity contribution is -0.134. The van der Waals surface area contributed by atoms with Gasteiger partial charge in [0.2, 0.25) is 0 Å². The first-order valence-electron chi connectivity index (χ1n) is 13.7. The molecule has 1 N–H and O–H groups in total. The molecule has 1 rings (SSSR count). The van der Waals surface area contributed by atoms with E-state index < -0.39 is 0 Å². The molecule has 0 aliphatic carbocycles. The zero-order chi connectivity index (χ0) is 25.7. The average Bonchev–Trinajstić information content (AvgIpc) is 2.77. The molecule has 1 aromatic rings. The Morgan fingerprint density at radius 1 is 0.941 bits per heavy atom. The van der Waals surface area contributed by atoms with Gasteiger partial charge in [-0.3, -0.25) is 4.79 Å². The van der Waals surface area contributed by atoms with Crippen molar-refractivity contribution in [1.82, 2.24) is 0 Å². The molecule has 3 nitrogen and oxygen atoms in total. The fourth-order valence-corrected chi connectivity index (χ4v) is 4.65. The SMILES string of the molecule is C=C(CCCC(C)CCCC(C)CCCC(C)C)CCc1c(C)c(OC(=O)CC)cc(C)c1O. The highest BCUT2D eigenvalue weighted by molar-refractivity contribution is 5.73. The summed E-state index contributed by atoms with van der Waals surface area (Å²) in [5.74, 6) is 3.09. The van der Waals surface area contributed by atoms with E-state index in [9.17, 15) is 9.90 Å². The summed E-state index contributed by atoms with van der Waals surface area (Å²) < 4.78 is 5.47. The maximum absolute atomic E-state index is 11.7. The largest absolute Gasteiger partial charge is 0.507 e. The Hall–Kier alpha value is -1.77. The van der Waals surface area contributed by atoms with E-state index in [4.69, 9.17) is 4.74 Å². The lowest BCUT2D eigenvalue weighted by Crippen LogP contribution is -2.08. The first kappa shape index (κ1) is 30.3. The van der Waals surface area contributed by atoms with Gasteiger partial charge in [0.1, 0.15) is 11.5 Å². The smallest absolute Gasteiger partial charge is 0.310 e. The van der Waals surface area contributed by atoms with E-state index >= 15 is 0 Å². The molecular formula is C31H52O3. The van der Waals surface area contributed by atoms with Crippen LogP contribution in [0.3, 0.4) is 0 Å². The van der Waals surface area contributed by atoms with Crippen molar-refractivity contribution in [1.29, 1.82) is 0 Å². The molecule has 0 fully saturated rings. The van der Waals surface area contributed by atoms with Crippen LogP contribution in [-0.2, 0) is 11.2 Å². The second kappa shape index (κ2) is 16.0. The van der Waals surface area contributed by atoms with Gasteiger partial charge >= 0.3 is 5.97 Å². The predicted octanol–water partition coefficient (Wildman–Crippen LogP) is 9.25. The van der Waals surface area contributed by atoms with Crippen molar-refractivity contribution >= 4 is 5.97 Å². The van der Waals surface area contributed by atoms with Crippen LogP contribution >= 0.6 is 0 Å². The molecule has 1 aromatic carbocycles. The highest BCUT2D eigenvalue weighted by Gasteiger charge is 2.16. The van der Waals surface area contributed by atoms with Crippen LogP contribution in [0.2, 0.25) is 0 Å². The molecular weight excluding hydrogens is 420 g/mol. The Bertz CT molecular complexity index is 762. The summed E-state index contributed by atoms with van der Waals surface area (Å²) in [6.07, 6.45) is 13.5. The van der Waals surface area contributed by atoms with E-state index in [2.05, 4.69) is 34.3 Å². The number of allylic oxidation sites excluding steroid dienone is 1. The van der Waals surface area contributed by atoms with Crippen molar-refractivity contribution < 1.29 is 14.6 Å². The average molecular weight is 473 g/mol. The van der Waals surface area contributed by atoms with Crippen molar-refractivity contribution in [3.8, 4) is 11.5 Å². The van der Waals surface area contributed by atoms with E-state index in [1.54, 1.807) is 13.0 Å². The van der Waals surface area contributed by atoms with Crippen molar-refractivity contribution in [3.05, 3.63) is 34.9 Å². The Balaban J connectivity index is 2.37. The number of esters is 1. The second-order valence-corrected chi connectivity index (χ2v) is 11.1. The van der Waals surface area contributed by atoms with Gasteiger partial charge in [-0.15, -0.1) is 0 Å². The third-order valence-electron chi connectivity index (χ3n) is 7.17. The van der Waals surface area contributed by atoms with Gasteiger partial charge in [0.05, 0.1) is 0 Å². The first-order valence-corrected chi connectivity index (χ1v) is 13.7. The Morgan fingerprint density at radius 2 is 1.50 bits per heavy atom. The van der Waals surface area contributed by atoms with Crippen LogP contribution < -0.4 is 4.74 Å². The topological polar surface area (TPSA) is 46.5 Å². The van der Waals surface area contributed by atoms with Gasteiger partial charge in [0.25, 0.3) is 0 Å². The Kier molecular flexibility index (Phi) is 14.2. The molecule has 0 heterocycles. The molecule has 3 heteroatoms. The highest BCUT2D eigenvalue weighted by Crippen LogP contribution is 2.34. The summed E-state index contributed by atoms with van der Waals surface area (Å²) in [7, 11) is 0. The summed E-state index contributed by atoms with van der Waals surface area (Å²) in [6, 6.07) is 1.75. The number of hydrogen-bond donors (Lipinski definition) is 1. The number of hydrogen-bond acceptors (Lipinski definition) is 3. The number of aromatic hydroxyl groups is 1. The Labute approximate surface area is 210 Å². The fraction of sp³-hybridized carbons (Fsp3) is 0.710. The van der Waals surface area contributed by atoms with E-state index in [-0.39, 0.29) is 5.97 Å². The second-order valence-electron chi connectivity index (χ2n) is 11.1. The minimum absolute atomic E-state index is 0.252. The van der Waals surface area contributed by atoms with Gasteiger partial charge in [-0.1, -0.05) is 91.7 Å². The summed E-state index contributed by atoms with van der Waals surface area (Å²) in [4.78, 5) is 11.7. The molecule has 2 atom stereocenters. The molecule has 0 aromatic heterocycles. The summed E-state index contributed by atoms with van der Waals surface area (Å²) in [6.45, 7) is 19.3.